The Bertz CT molecular complexity index is 1070. The van der Waals surface area contributed by atoms with Gasteiger partial charge in [-0.25, -0.2) is 4.39 Å². The summed E-state index contributed by atoms with van der Waals surface area (Å²) in [6, 6.07) is 12.8. The number of aromatic nitrogens is 2. The molecular weight excluding hydrogens is 365 g/mol. The fraction of sp³-hybridized carbons (Fsp3) is 0.375. The number of hydrogen-bond donors (Lipinski definition) is 0. The first-order valence-corrected chi connectivity index (χ1v) is 10.5. The smallest absolute Gasteiger partial charge is 0.257 e. The van der Waals surface area contributed by atoms with E-state index in [9.17, 15) is 9.18 Å². The van der Waals surface area contributed by atoms with Crippen molar-refractivity contribution < 1.29 is 9.18 Å². The molecule has 148 valence electrons. The number of carbonyl (C=O) groups excluding carboxylic acids is 1. The van der Waals surface area contributed by atoms with Crippen molar-refractivity contribution in [3.8, 4) is 0 Å². The van der Waals surface area contributed by atoms with Crippen LogP contribution in [-0.2, 0) is 6.42 Å². The average Bonchev–Trinajstić information content (AvgIpc) is 2.75. The maximum atomic E-state index is 14.6. The molecule has 0 N–H and O–H groups in total. The number of benzene rings is 2. The van der Waals surface area contributed by atoms with Gasteiger partial charge in [0, 0.05) is 29.3 Å². The van der Waals surface area contributed by atoms with Gasteiger partial charge in [0.1, 0.15) is 5.82 Å². The number of nitrogens with zero attached hydrogens (tertiary/aromatic N) is 3. The molecule has 0 atom stereocenters. The zero-order valence-electron chi connectivity index (χ0n) is 16.4. The van der Waals surface area contributed by atoms with Crippen LogP contribution in [0.15, 0.2) is 48.7 Å². The molecule has 1 saturated heterocycles. The zero-order chi connectivity index (χ0) is 19.8. The quantitative estimate of drug-likeness (QED) is 0.639. The van der Waals surface area contributed by atoms with Gasteiger partial charge in [0.25, 0.3) is 5.91 Å². The van der Waals surface area contributed by atoms with Crippen molar-refractivity contribution in [2.75, 3.05) is 6.54 Å². The van der Waals surface area contributed by atoms with E-state index in [1.807, 2.05) is 29.2 Å². The van der Waals surface area contributed by atoms with Crippen molar-refractivity contribution in [2.45, 2.75) is 50.5 Å². The summed E-state index contributed by atoms with van der Waals surface area (Å²) in [6.07, 6.45) is 8.95. The Labute approximate surface area is 169 Å². The van der Waals surface area contributed by atoms with Crippen LogP contribution in [0, 0.1) is 5.82 Å². The number of likely N-dealkylation sites (tertiary alicyclic amines) is 1. The van der Waals surface area contributed by atoms with Gasteiger partial charge in [0.2, 0.25) is 0 Å². The molecule has 2 heterocycles. The Morgan fingerprint density at radius 1 is 1.07 bits per heavy atom. The summed E-state index contributed by atoms with van der Waals surface area (Å²) in [4.78, 5) is 15.1. The summed E-state index contributed by atoms with van der Waals surface area (Å²) in [7, 11) is 0. The number of carbonyl (C=O) groups is 1. The first kappa shape index (κ1) is 18.2. The summed E-state index contributed by atoms with van der Waals surface area (Å²) in [5.74, 6) is -0.609. The Morgan fingerprint density at radius 2 is 1.90 bits per heavy atom. The van der Waals surface area contributed by atoms with Crippen LogP contribution in [0.2, 0.25) is 0 Å². The van der Waals surface area contributed by atoms with E-state index in [1.54, 1.807) is 18.3 Å². The van der Waals surface area contributed by atoms with Crippen molar-refractivity contribution in [2.24, 2.45) is 0 Å². The summed E-state index contributed by atoms with van der Waals surface area (Å²) in [5, 5.41) is 10.4. The van der Waals surface area contributed by atoms with Crippen LogP contribution < -0.4 is 0 Å². The lowest BCUT2D eigenvalue weighted by atomic mass is 9.72. The molecule has 0 unspecified atom stereocenters. The first-order chi connectivity index (χ1) is 14.2. The molecule has 1 aliphatic carbocycles. The normalized spacial score (nSPS) is 18.0. The van der Waals surface area contributed by atoms with Gasteiger partial charge in [-0.05, 0) is 37.0 Å². The molecule has 29 heavy (non-hydrogen) atoms. The minimum Gasteiger partial charge on any atom is -0.333 e. The molecule has 2 aromatic carbocycles. The van der Waals surface area contributed by atoms with Gasteiger partial charge in [-0.1, -0.05) is 49.6 Å². The predicted molar refractivity (Wildman–Crippen MR) is 110 cm³/mol. The largest absolute Gasteiger partial charge is 0.333 e. The number of fused-ring (bicyclic) bond motifs is 1. The van der Waals surface area contributed by atoms with Gasteiger partial charge in [0.15, 0.2) is 0 Å². The first-order valence-electron chi connectivity index (χ1n) is 10.5. The highest BCUT2D eigenvalue weighted by atomic mass is 19.1. The van der Waals surface area contributed by atoms with Crippen molar-refractivity contribution in [3.63, 3.8) is 0 Å². The summed E-state index contributed by atoms with van der Waals surface area (Å²) >= 11 is 0. The van der Waals surface area contributed by atoms with Crippen molar-refractivity contribution in [1.29, 1.82) is 0 Å². The van der Waals surface area contributed by atoms with Crippen LogP contribution >= 0.6 is 0 Å². The third-order valence-electron chi connectivity index (χ3n) is 6.68. The molecule has 3 aromatic rings. The van der Waals surface area contributed by atoms with Gasteiger partial charge in [-0.15, -0.1) is 0 Å². The molecule has 5 heteroatoms. The molecule has 5 rings (SSSR count). The number of rotatable bonds is 3. The molecule has 2 aliphatic rings. The van der Waals surface area contributed by atoms with E-state index in [4.69, 9.17) is 0 Å². The van der Waals surface area contributed by atoms with E-state index in [0.717, 1.165) is 60.7 Å². The minimum absolute atomic E-state index is 0.0289. The monoisotopic (exact) mass is 389 g/mol. The average molecular weight is 389 g/mol. The lowest BCUT2D eigenvalue weighted by Gasteiger charge is -2.55. The fourth-order valence-electron chi connectivity index (χ4n) is 4.99. The van der Waals surface area contributed by atoms with Gasteiger partial charge < -0.3 is 4.90 Å². The molecular formula is C24H24FN3O. The number of halogens is 1. The van der Waals surface area contributed by atoms with Crippen molar-refractivity contribution in [3.05, 3.63) is 71.3 Å². The Morgan fingerprint density at radius 3 is 2.69 bits per heavy atom. The lowest BCUT2D eigenvalue weighted by Crippen LogP contribution is -2.62. The molecule has 1 amide bonds. The maximum absolute atomic E-state index is 14.6. The minimum atomic E-state index is -0.444. The highest BCUT2D eigenvalue weighted by Crippen LogP contribution is 2.44. The molecule has 1 aromatic heterocycles. The second-order valence-corrected chi connectivity index (χ2v) is 8.36. The SMILES string of the molecule is O=C(c1cc(Cc2nncc3ccccc23)ccc1F)N1CCC12CCCCC2. The van der Waals surface area contributed by atoms with E-state index in [-0.39, 0.29) is 17.0 Å². The molecule has 4 nitrogen and oxygen atoms in total. The molecule has 1 saturated carbocycles. The van der Waals surface area contributed by atoms with Gasteiger partial charge >= 0.3 is 0 Å². The zero-order valence-corrected chi connectivity index (χ0v) is 16.4. The summed E-state index contributed by atoms with van der Waals surface area (Å²) < 4.78 is 14.6. The van der Waals surface area contributed by atoms with Crippen LogP contribution in [0.5, 0.6) is 0 Å². The Hall–Kier alpha value is -2.82. The van der Waals surface area contributed by atoms with Gasteiger partial charge in [-0.2, -0.15) is 10.2 Å². The van der Waals surface area contributed by atoms with Gasteiger partial charge in [-0.3, -0.25) is 4.79 Å². The van der Waals surface area contributed by atoms with E-state index >= 15 is 0 Å². The van der Waals surface area contributed by atoms with Crippen LogP contribution in [0.1, 0.15) is 60.1 Å². The highest BCUT2D eigenvalue weighted by Gasteiger charge is 2.47. The van der Waals surface area contributed by atoms with Gasteiger partial charge in [0.05, 0.1) is 17.5 Å². The van der Waals surface area contributed by atoms with E-state index in [1.165, 1.54) is 12.5 Å². The van der Waals surface area contributed by atoms with E-state index in [0.29, 0.717) is 6.42 Å². The predicted octanol–water partition coefficient (Wildman–Crippen LogP) is 4.91. The third kappa shape index (κ3) is 3.18. The van der Waals surface area contributed by atoms with E-state index in [2.05, 4.69) is 10.2 Å². The molecule has 0 radical (unpaired) electrons. The molecule has 2 fully saturated rings. The van der Waals surface area contributed by atoms with E-state index < -0.39 is 5.82 Å². The maximum Gasteiger partial charge on any atom is 0.257 e. The second-order valence-electron chi connectivity index (χ2n) is 8.36. The molecule has 1 spiro atoms. The number of amides is 1. The Balaban J connectivity index is 1.44. The summed E-state index contributed by atoms with van der Waals surface area (Å²) in [5.41, 5.74) is 1.86. The van der Waals surface area contributed by atoms with Crippen LogP contribution in [0.3, 0.4) is 0 Å². The standard InChI is InChI=1S/C24H24FN3O/c25-21-9-8-17(15-22-19-7-3-2-6-18(19)16-26-27-22)14-20(21)23(29)28-13-12-24(28)10-4-1-5-11-24/h2-3,6-9,14,16H,1,4-5,10-13,15H2. The second kappa shape index (κ2) is 7.21. The fourth-order valence-corrected chi connectivity index (χ4v) is 4.99. The molecule has 1 aliphatic heterocycles. The van der Waals surface area contributed by atoms with Crippen LogP contribution in [0.25, 0.3) is 10.8 Å². The Kier molecular flexibility index (Phi) is 4.53. The molecule has 0 bridgehead atoms. The van der Waals surface area contributed by atoms with Crippen LogP contribution in [0.4, 0.5) is 4.39 Å². The number of hydrogen-bond acceptors (Lipinski definition) is 3. The topological polar surface area (TPSA) is 46.1 Å². The van der Waals surface area contributed by atoms with Crippen LogP contribution in [-0.4, -0.2) is 33.1 Å². The summed E-state index contributed by atoms with van der Waals surface area (Å²) in [6.45, 7) is 0.733. The van der Waals surface area contributed by atoms with Crippen molar-refractivity contribution >= 4 is 16.7 Å². The van der Waals surface area contributed by atoms with Crippen molar-refractivity contribution in [1.82, 2.24) is 15.1 Å². The lowest BCUT2D eigenvalue weighted by molar-refractivity contribution is -0.0236. The highest BCUT2D eigenvalue weighted by molar-refractivity contribution is 5.96. The third-order valence-corrected chi connectivity index (χ3v) is 6.68.